The monoisotopic (exact) mass is 437 g/mol. The van der Waals surface area contributed by atoms with Gasteiger partial charge in [-0.05, 0) is 49.7 Å². The van der Waals surface area contributed by atoms with Crippen molar-refractivity contribution < 1.29 is 9.53 Å². The number of rotatable bonds is 6. The molecule has 2 aromatic heterocycles. The maximum atomic E-state index is 12.9. The molecule has 0 saturated carbocycles. The van der Waals surface area contributed by atoms with Gasteiger partial charge in [-0.3, -0.25) is 23.6 Å². The third kappa shape index (κ3) is 4.03. The molecule has 1 amide bonds. The van der Waals surface area contributed by atoms with Crippen LogP contribution in [-0.4, -0.2) is 51.7 Å². The number of carbonyl (C=O) groups is 1. The Balaban J connectivity index is 1.58. The molecule has 1 fully saturated rings. The van der Waals surface area contributed by atoms with E-state index >= 15 is 0 Å². The van der Waals surface area contributed by atoms with E-state index in [-0.39, 0.29) is 28.5 Å². The van der Waals surface area contributed by atoms with Gasteiger partial charge in [0.05, 0.1) is 24.1 Å². The zero-order chi connectivity index (χ0) is 22.8. The highest BCUT2D eigenvalue weighted by Crippen LogP contribution is 2.26. The third-order valence-electron chi connectivity index (χ3n) is 6.09. The first-order valence-electron chi connectivity index (χ1n) is 10.6. The smallest absolute Gasteiger partial charge is 0.332 e. The lowest BCUT2D eigenvalue weighted by atomic mass is 10.0. The average molecular weight is 438 g/mol. The summed E-state index contributed by atoms with van der Waals surface area (Å²) in [6.45, 7) is 2.39. The molecule has 0 aliphatic carbocycles. The van der Waals surface area contributed by atoms with E-state index in [4.69, 9.17) is 4.74 Å². The number of pyridine rings is 1. The molecule has 3 aromatic rings. The lowest BCUT2D eigenvalue weighted by molar-refractivity contribution is 0.0937. The molecule has 1 aliphatic heterocycles. The van der Waals surface area contributed by atoms with E-state index in [1.54, 1.807) is 14.2 Å². The maximum absolute atomic E-state index is 12.9. The van der Waals surface area contributed by atoms with Crippen LogP contribution in [-0.2, 0) is 14.1 Å². The van der Waals surface area contributed by atoms with Crippen LogP contribution in [0.4, 0.5) is 0 Å². The number of nitrogens with zero attached hydrogens (tertiary/aromatic N) is 4. The second kappa shape index (κ2) is 8.96. The normalized spacial score (nSPS) is 15.1. The highest BCUT2D eigenvalue weighted by Gasteiger charge is 2.24. The number of likely N-dealkylation sites (tertiary alicyclic amines) is 1. The number of hydrogen-bond acceptors (Lipinski definition) is 6. The first-order chi connectivity index (χ1) is 15.4. The minimum Gasteiger partial charge on any atom is -0.497 e. The van der Waals surface area contributed by atoms with Crippen LogP contribution in [0.1, 0.15) is 34.8 Å². The molecular weight excluding hydrogens is 410 g/mol. The largest absolute Gasteiger partial charge is 0.497 e. The van der Waals surface area contributed by atoms with E-state index in [0.717, 1.165) is 41.8 Å². The molecule has 1 unspecified atom stereocenters. The number of fused-ring (bicyclic) bond motifs is 1. The number of amides is 1. The summed E-state index contributed by atoms with van der Waals surface area (Å²) in [7, 11) is 4.59. The van der Waals surface area contributed by atoms with Crippen molar-refractivity contribution in [1.29, 1.82) is 0 Å². The Kier molecular flexibility index (Phi) is 6.09. The van der Waals surface area contributed by atoms with Gasteiger partial charge in [0.2, 0.25) is 0 Å². The average Bonchev–Trinajstić information content (AvgIpc) is 3.36. The molecule has 0 bridgehead atoms. The van der Waals surface area contributed by atoms with Gasteiger partial charge < -0.3 is 10.1 Å². The van der Waals surface area contributed by atoms with Crippen molar-refractivity contribution in [3.63, 3.8) is 0 Å². The van der Waals surface area contributed by atoms with Gasteiger partial charge in [0.1, 0.15) is 11.4 Å². The predicted octanol–water partition coefficient (Wildman–Crippen LogP) is 1.21. The lowest BCUT2D eigenvalue weighted by Gasteiger charge is -2.28. The molecule has 3 heterocycles. The van der Waals surface area contributed by atoms with Crippen LogP contribution >= 0.6 is 0 Å². The van der Waals surface area contributed by atoms with Crippen molar-refractivity contribution in [2.75, 3.05) is 26.7 Å². The molecule has 9 heteroatoms. The molecule has 0 spiro atoms. The second-order valence-corrected chi connectivity index (χ2v) is 8.04. The van der Waals surface area contributed by atoms with Gasteiger partial charge in [-0.25, -0.2) is 9.78 Å². The van der Waals surface area contributed by atoms with E-state index < -0.39 is 11.2 Å². The Labute approximate surface area is 185 Å². The number of aryl methyl sites for hydroxylation is 1. The fourth-order valence-electron chi connectivity index (χ4n) is 4.22. The summed E-state index contributed by atoms with van der Waals surface area (Å²) in [4.78, 5) is 44.1. The van der Waals surface area contributed by atoms with Crippen LogP contribution in [0.25, 0.3) is 11.0 Å². The van der Waals surface area contributed by atoms with Crippen molar-refractivity contribution in [1.82, 2.24) is 24.3 Å². The summed E-state index contributed by atoms with van der Waals surface area (Å²) in [5.74, 6) is 0.476. The summed E-state index contributed by atoms with van der Waals surface area (Å²) < 4.78 is 7.57. The minimum absolute atomic E-state index is 0.0365. The molecule has 1 aromatic carbocycles. The first kappa shape index (κ1) is 21.8. The maximum Gasteiger partial charge on any atom is 0.332 e. The minimum atomic E-state index is -0.474. The second-order valence-electron chi connectivity index (χ2n) is 8.04. The number of nitrogens with one attached hydrogen (secondary N) is 1. The fraction of sp³-hybridized carbons (Fsp3) is 0.391. The Bertz CT molecular complexity index is 1260. The predicted molar refractivity (Wildman–Crippen MR) is 121 cm³/mol. The molecule has 9 nitrogen and oxygen atoms in total. The Morgan fingerprint density at radius 3 is 2.47 bits per heavy atom. The summed E-state index contributed by atoms with van der Waals surface area (Å²) >= 11 is 0. The number of carbonyl (C=O) groups excluding carboxylic acids is 1. The number of methoxy groups -OCH3 is 1. The molecule has 1 N–H and O–H groups in total. The van der Waals surface area contributed by atoms with Gasteiger partial charge in [-0.2, -0.15) is 0 Å². The van der Waals surface area contributed by atoms with Crippen LogP contribution in [0, 0.1) is 0 Å². The van der Waals surface area contributed by atoms with Crippen LogP contribution in [0.2, 0.25) is 0 Å². The zero-order valence-electron chi connectivity index (χ0n) is 18.5. The Morgan fingerprint density at radius 1 is 1.12 bits per heavy atom. The van der Waals surface area contributed by atoms with E-state index in [1.807, 2.05) is 24.3 Å². The van der Waals surface area contributed by atoms with Crippen molar-refractivity contribution in [3.8, 4) is 5.75 Å². The molecule has 1 aliphatic rings. The Hall–Kier alpha value is -3.46. The van der Waals surface area contributed by atoms with Crippen molar-refractivity contribution in [3.05, 3.63) is 68.5 Å². The van der Waals surface area contributed by atoms with E-state index in [9.17, 15) is 14.4 Å². The van der Waals surface area contributed by atoms with Gasteiger partial charge in [0, 0.05) is 26.8 Å². The molecular formula is C23H27N5O4. The van der Waals surface area contributed by atoms with Gasteiger partial charge in [0.15, 0.2) is 0 Å². The number of hydrogen-bond donors (Lipinski definition) is 1. The van der Waals surface area contributed by atoms with Crippen molar-refractivity contribution in [2.24, 2.45) is 14.1 Å². The molecule has 1 saturated heterocycles. The fourth-order valence-corrected chi connectivity index (χ4v) is 4.22. The number of benzene rings is 1. The summed E-state index contributed by atoms with van der Waals surface area (Å²) in [5, 5.41) is 3.23. The van der Waals surface area contributed by atoms with Crippen molar-refractivity contribution >= 4 is 16.9 Å². The summed E-state index contributed by atoms with van der Waals surface area (Å²) in [5.41, 5.74) is 0.707. The van der Waals surface area contributed by atoms with Crippen LogP contribution < -0.4 is 21.3 Å². The summed E-state index contributed by atoms with van der Waals surface area (Å²) in [6, 6.07) is 9.43. The standard InChI is InChI=1S/C23H27N5O4/c1-26-20-18(22(30)27(2)23(26)31)12-16(13-24-20)21(29)25-14-19(28-10-4-5-11-28)15-6-8-17(32-3)9-7-15/h6-9,12-13,19H,4-5,10-11,14H2,1-3H3,(H,25,29). The first-order valence-corrected chi connectivity index (χ1v) is 10.6. The van der Waals surface area contributed by atoms with E-state index in [0.29, 0.717) is 6.54 Å². The molecule has 32 heavy (non-hydrogen) atoms. The van der Waals surface area contributed by atoms with Crippen LogP contribution in [0.15, 0.2) is 46.1 Å². The quantitative estimate of drug-likeness (QED) is 0.623. The lowest BCUT2D eigenvalue weighted by Crippen LogP contribution is -2.38. The number of ether oxygens (including phenoxy) is 1. The van der Waals surface area contributed by atoms with E-state index in [1.165, 1.54) is 23.9 Å². The Morgan fingerprint density at radius 2 is 1.81 bits per heavy atom. The van der Waals surface area contributed by atoms with Gasteiger partial charge >= 0.3 is 5.69 Å². The molecule has 1 atom stereocenters. The molecule has 4 rings (SSSR count). The van der Waals surface area contributed by atoms with Gasteiger partial charge in [-0.15, -0.1) is 0 Å². The molecule has 168 valence electrons. The summed E-state index contributed by atoms with van der Waals surface area (Å²) in [6.07, 6.45) is 3.67. The van der Waals surface area contributed by atoms with Crippen LogP contribution in [0.5, 0.6) is 5.75 Å². The van der Waals surface area contributed by atoms with Crippen LogP contribution in [0.3, 0.4) is 0 Å². The van der Waals surface area contributed by atoms with Gasteiger partial charge in [-0.1, -0.05) is 12.1 Å². The van der Waals surface area contributed by atoms with E-state index in [2.05, 4.69) is 15.2 Å². The highest BCUT2D eigenvalue weighted by molar-refractivity contribution is 5.96. The molecule has 0 radical (unpaired) electrons. The topological polar surface area (TPSA) is 98.5 Å². The van der Waals surface area contributed by atoms with Gasteiger partial charge in [0.25, 0.3) is 11.5 Å². The van der Waals surface area contributed by atoms with Crippen molar-refractivity contribution in [2.45, 2.75) is 18.9 Å². The third-order valence-corrected chi connectivity index (χ3v) is 6.09. The zero-order valence-corrected chi connectivity index (χ0v) is 18.5. The SMILES string of the molecule is COc1ccc(C(CNC(=O)c2cnc3c(c2)c(=O)n(C)c(=O)n3C)N2CCCC2)cc1. The highest BCUT2D eigenvalue weighted by atomic mass is 16.5. The number of aromatic nitrogens is 3.